The molecule has 0 aromatic heterocycles. The minimum Gasteiger partial charge on any atom is -0.280 e. The molecule has 0 aromatic carbocycles. The van der Waals surface area contributed by atoms with Crippen LogP contribution in [0.1, 0.15) is 26.7 Å². The summed E-state index contributed by atoms with van der Waals surface area (Å²) in [6.45, 7) is 3.99. The predicted octanol–water partition coefficient (Wildman–Crippen LogP) is 3.26. The molecule has 0 aliphatic rings. The van der Waals surface area contributed by atoms with Gasteiger partial charge >= 0.3 is 0 Å². The van der Waals surface area contributed by atoms with Crippen LogP contribution in [0.25, 0.3) is 0 Å². The second-order valence-corrected chi connectivity index (χ2v) is 3.69. The smallest absolute Gasteiger partial charge is 0.239 e. The first-order valence-electron chi connectivity index (χ1n) is 3.59. The van der Waals surface area contributed by atoms with Crippen LogP contribution in [0.3, 0.4) is 0 Å². The van der Waals surface area contributed by atoms with Gasteiger partial charge < -0.3 is 0 Å². The van der Waals surface area contributed by atoms with Gasteiger partial charge in [0.2, 0.25) is 5.24 Å². The Bertz CT molecular complexity index is 165. The van der Waals surface area contributed by atoms with Crippen molar-refractivity contribution in [1.82, 2.24) is 0 Å². The number of unbranched alkanes of at least 4 members (excludes halogenated alkanes) is 1. The fraction of sp³-hybridized carbons (Fsp3) is 0.625. The molecule has 0 rings (SSSR count). The summed E-state index contributed by atoms with van der Waals surface area (Å²) in [7, 11) is 0. The maximum absolute atomic E-state index is 10.6. The maximum Gasteiger partial charge on any atom is 0.239 e. The van der Waals surface area contributed by atoms with Gasteiger partial charge in [-0.1, -0.05) is 40.9 Å². The molecule has 11 heavy (non-hydrogen) atoms. The van der Waals surface area contributed by atoms with Crippen LogP contribution in [0.15, 0.2) is 11.6 Å². The quantitative estimate of drug-likeness (QED) is 0.418. The van der Waals surface area contributed by atoms with Crippen LogP contribution in [-0.4, -0.2) is 10.1 Å². The summed E-state index contributed by atoms with van der Waals surface area (Å²) in [5.74, 6) is 0. The minimum absolute atomic E-state index is 0.310. The Morgan fingerprint density at radius 2 is 2.27 bits per heavy atom. The Morgan fingerprint density at radius 1 is 1.73 bits per heavy atom. The zero-order valence-corrected chi connectivity index (χ0v) is 9.08. The number of carbonyl (C=O) groups excluding carboxylic acids is 1. The van der Waals surface area contributed by atoms with Gasteiger partial charge in [-0.25, -0.2) is 0 Å². The molecule has 0 aliphatic carbocycles. The fourth-order valence-electron chi connectivity index (χ4n) is 0.654. The highest BCUT2D eigenvalue weighted by atomic mass is 79.9. The summed E-state index contributed by atoms with van der Waals surface area (Å²) in [5, 5.41) is -0.352. The summed E-state index contributed by atoms with van der Waals surface area (Å²) < 4.78 is 0. The molecule has 0 fully saturated rings. The van der Waals surface area contributed by atoms with Gasteiger partial charge in [0.25, 0.3) is 0 Å². The van der Waals surface area contributed by atoms with Gasteiger partial charge in [-0.15, -0.1) is 0 Å². The fourth-order valence-corrected chi connectivity index (χ4v) is 1.01. The van der Waals surface area contributed by atoms with Gasteiger partial charge in [-0.2, -0.15) is 0 Å². The van der Waals surface area contributed by atoms with E-state index in [9.17, 15) is 4.79 Å². The predicted molar refractivity (Wildman–Crippen MR) is 52.2 cm³/mol. The average molecular weight is 240 g/mol. The molecule has 3 heteroatoms. The number of allylic oxidation sites excluding steroid dienone is 2. The summed E-state index contributed by atoms with van der Waals surface area (Å²) in [6, 6.07) is 0. The third kappa shape index (κ3) is 4.59. The van der Waals surface area contributed by atoms with Gasteiger partial charge in [0.15, 0.2) is 0 Å². The lowest BCUT2D eigenvalue weighted by Crippen LogP contribution is -2.07. The van der Waals surface area contributed by atoms with Crippen molar-refractivity contribution in [2.75, 3.05) is 0 Å². The molecule has 1 nitrogen and oxygen atoms in total. The van der Waals surface area contributed by atoms with Crippen molar-refractivity contribution >= 4 is 32.8 Å². The largest absolute Gasteiger partial charge is 0.280 e. The number of alkyl halides is 1. The van der Waals surface area contributed by atoms with Crippen LogP contribution in [0.4, 0.5) is 0 Å². The van der Waals surface area contributed by atoms with E-state index < -0.39 is 0 Å². The molecule has 0 radical (unpaired) electrons. The molecular formula is C8H12BrClO. The first-order chi connectivity index (χ1) is 5.09. The molecule has 0 amide bonds. The van der Waals surface area contributed by atoms with Gasteiger partial charge in [0.1, 0.15) is 4.83 Å². The highest BCUT2D eigenvalue weighted by Gasteiger charge is 2.12. The van der Waals surface area contributed by atoms with Crippen LogP contribution >= 0.6 is 27.5 Å². The van der Waals surface area contributed by atoms with Crippen molar-refractivity contribution in [2.24, 2.45) is 0 Å². The number of hydrogen-bond donors (Lipinski definition) is 0. The van der Waals surface area contributed by atoms with Gasteiger partial charge in [-0.3, -0.25) is 4.79 Å². The molecule has 0 saturated carbocycles. The summed E-state index contributed by atoms with van der Waals surface area (Å²) in [6.07, 6.45) is 4.12. The van der Waals surface area contributed by atoms with Crippen molar-refractivity contribution in [3.8, 4) is 0 Å². The Kier molecular flexibility index (Phi) is 5.88. The van der Waals surface area contributed by atoms with E-state index in [-0.39, 0.29) is 10.1 Å². The topological polar surface area (TPSA) is 17.1 Å². The first kappa shape index (κ1) is 11.2. The van der Waals surface area contributed by atoms with Crippen LogP contribution in [0.2, 0.25) is 0 Å². The lowest BCUT2D eigenvalue weighted by molar-refractivity contribution is -0.110. The summed E-state index contributed by atoms with van der Waals surface area (Å²) >= 11 is 8.46. The van der Waals surface area contributed by atoms with Crippen molar-refractivity contribution in [1.29, 1.82) is 0 Å². The zero-order chi connectivity index (χ0) is 8.85. The number of carbonyl (C=O) groups is 1. The van der Waals surface area contributed by atoms with E-state index in [1.807, 2.05) is 13.0 Å². The Hall–Kier alpha value is 0.180. The monoisotopic (exact) mass is 238 g/mol. The third-order valence-corrected chi connectivity index (χ3v) is 2.97. The minimum atomic E-state index is -0.352. The molecule has 0 aromatic rings. The highest BCUT2D eigenvalue weighted by molar-refractivity contribution is 9.10. The van der Waals surface area contributed by atoms with E-state index in [2.05, 4.69) is 22.9 Å². The SMILES string of the molecule is CCC/C=C(/C)C(Br)C(=O)Cl. The number of halogens is 2. The van der Waals surface area contributed by atoms with E-state index in [1.165, 1.54) is 0 Å². The molecule has 0 spiro atoms. The molecule has 0 N–H and O–H groups in total. The Labute approximate surface area is 80.9 Å². The first-order valence-corrected chi connectivity index (χ1v) is 4.89. The number of rotatable bonds is 4. The number of hydrogen-bond acceptors (Lipinski definition) is 1. The summed E-state index contributed by atoms with van der Waals surface area (Å²) in [5.41, 5.74) is 0.992. The van der Waals surface area contributed by atoms with Gasteiger partial charge in [0.05, 0.1) is 0 Å². The Morgan fingerprint density at radius 3 is 2.64 bits per heavy atom. The third-order valence-electron chi connectivity index (χ3n) is 1.35. The van der Waals surface area contributed by atoms with E-state index in [4.69, 9.17) is 11.6 Å². The molecule has 0 saturated heterocycles. The summed E-state index contributed by atoms with van der Waals surface area (Å²) in [4.78, 5) is 10.3. The zero-order valence-electron chi connectivity index (χ0n) is 6.73. The van der Waals surface area contributed by atoms with Crippen LogP contribution < -0.4 is 0 Å². The van der Waals surface area contributed by atoms with Crippen molar-refractivity contribution in [3.63, 3.8) is 0 Å². The molecule has 1 atom stereocenters. The van der Waals surface area contributed by atoms with E-state index in [0.29, 0.717) is 0 Å². The molecule has 64 valence electrons. The molecular weight excluding hydrogens is 227 g/mol. The average Bonchev–Trinajstić information content (AvgIpc) is 1.98. The lowest BCUT2D eigenvalue weighted by Gasteiger charge is -2.03. The molecule has 0 bridgehead atoms. The lowest BCUT2D eigenvalue weighted by atomic mass is 10.2. The van der Waals surface area contributed by atoms with Crippen LogP contribution in [0, 0.1) is 0 Å². The molecule has 0 heterocycles. The van der Waals surface area contributed by atoms with Gasteiger partial charge in [0, 0.05) is 0 Å². The normalized spacial score (nSPS) is 14.7. The van der Waals surface area contributed by atoms with E-state index in [1.54, 1.807) is 0 Å². The van der Waals surface area contributed by atoms with Crippen LogP contribution in [0.5, 0.6) is 0 Å². The van der Waals surface area contributed by atoms with Crippen molar-refractivity contribution in [3.05, 3.63) is 11.6 Å². The van der Waals surface area contributed by atoms with Crippen molar-refractivity contribution < 1.29 is 4.79 Å². The highest BCUT2D eigenvalue weighted by Crippen LogP contribution is 2.15. The van der Waals surface area contributed by atoms with Crippen LogP contribution in [-0.2, 0) is 4.79 Å². The second kappa shape index (κ2) is 5.78. The molecule has 1 unspecified atom stereocenters. The van der Waals surface area contributed by atoms with E-state index >= 15 is 0 Å². The maximum atomic E-state index is 10.6. The molecule has 0 aliphatic heterocycles. The second-order valence-electron chi connectivity index (χ2n) is 2.40. The standard InChI is InChI=1S/C8H12BrClO/c1-3-4-5-6(2)7(9)8(10)11/h5,7H,3-4H2,1-2H3/b6-5-. The van der Waals surface area contributed by atoms with Gasteiger partial charge in [-0.05, 0) is 24.9 Å². The van der Waals surface area contributed by atoms with E-state index in [0.717, 1.165) is 18.4 Å². The van der Waals surface area contributed by atoms with Crippen molar-refractivity contribution in [2.45, 2.75) is 31.5 Å². The Balaban J connectivity index is 4.00.